The standard InChI is InChI=1S/C20H20FN5O2/c1-19(2,28)17-22-11-13(12-23-17)26-10-7-16(25-26)24-18(27)20(8-9-20)14-5-3-4-6-15(14)21/h3-7,10-12,28H,8-9H2,1-2H3,(H,24,25,27). The summed E-state index contributed by atoms with van der Waals surface area (Å²) < 4.78 is 15.7. The van der Waals surface area contributed by atoms with Crippen LogP contribution in [0.15, 0.2) is 48.9 Å². The van der Waals surface area contributed by atoms with Crippen molar-refractivity contribution < 1.29 is 14.3 Å². The van der Waals surface area contributed by atoms with E-state index < -0.39 is 11.0 Å². The third-order valence-electron chi connectivity index (χ3n) is 4.85. The van der Waals surface area contributed by atoms with E-state index in [9.17, 15) is 14.3 Å². The zero-order chi connectivity index (χ0) is 19.9. The van der Waals surface area contributed by atoms with Crippen molar-refractivity contribution in [3.8, 4) is 5.69 Å². The van der Waals surface area contributed by atoms with Gasteiger partial charge in [0.05, 0.1) is 17.8 Å². The Bertz CT molecular complexity index is 1020. The normalized spacial score (nSPS) is 15.3. The molecule has 0 saturated heterocycles. The van der Waals surface area contributed by atoms with E-state index in [1.807, 2.05) is 0 Å². The van der Waals surface area contributed by atoms with Gasteiger partial charge in [-0.2, -0.15) is 0 Å². The summed E-state index contributed by atoms with van der Waals surface area (Å²) in [4.78, 5) is 21.1. The Morgan fingerprint density at radius 2 is 1.89 bits per heavy atom. The minimum atomic E-state index is -1.13. The second kappa shape index (κ2) is 6.49. The van der Waals surface area contributed by atoms with Gasteiger partial charge in [-0.05, 0) is 32.8 Å². The van der Waals surface area contributed by atoms with Crippen LogP contribution in [0.2, 0.25) is 0 Å². The van der Waals surface area contributed by atoms with Crippen LogP contribution in [0.3, 0.4) is 0 Å². The Kier molecular flexibility index (Phi) is 4.23. The molecule has 1 aliphatic carbocycles. The SMILES string of the molecule is CC(C)(O)c1ncc(-n2ccc(NC(=O)C3(c4ccccc4F)CC3)n2)cn1. The molecule has 2 aromatic heterocycles. The summed E-state index contributed by atoms with van der Waals surface area (Å²) in [5.41, 5.74) is -0.953. The number of carbonyl (C=O) groups is 1. The van der Waals surface area contributed by atoms with E-state index in [0.717, 1.165) is 0 Å². The van der Waals surface area contributed by atoms with Gasteiger partial charge in [-0.3, -0.25) is 4.79 Å². The quantitative estimate of drug-likeness (QED) is 0.709. The number of nitrogens with one attached hydrogen (secondary N) is 1. The van der Waals surface area contributed by atoms with Gasteiger partial charge in [0.15, 0.2) is 11.6 Å². The Labute approximate surface area is 161 Å². The van der Waals surface area contributed by atoms with E-state index in [-0.39, 0.29) is 11.7 Å². The zero-order valence-electron chi connectivity index (χ0n) is 15.6. The average molecular weight is 381 g/mol. The van der Waals surface area contributed by atoms with Gasteiger partial charge in [0.2, 0.25) is 5.91 Å². The molecule has 0 unspecified atom stereocenters. The van der Waals surface area contributed by atoms with Crippen LogP contribution in [0.4, 0.5) is 10.2 Å². The molecule has 0 atom stereocenters. The van der Waals surface area contributed by atoms with Crippen LogP contribution in [0.25, 0.3) is 5.69 Å². The highest BCUT2D eigenvalue weighted by Crippen LogP contribution is 2.49. The first-order valence-corrected chi connectivity index (χ1v) is 8.97. The van der Waals surface area contributed by atoms with Crippen LogP contribution < -0.4 is 5.32 Å². The summed E-state index contributed by atoms with van der Waals surface area (Å²) >= 11 is 0. The van der Waals surface area contributed by atoms with Gasteiger partial charge in [-0.1, -0.05) is 18.2 Å². The van der Waals surface area contributed by atoms with E-state index >= 15 is 0 Å². The van der Waals surface area contributed by atoms with Crippen LogP contribution in [-0.2, 0) is 15.8 Å². The van der Waals surface area contributed by atoms with Crippen molar-refractivity contribution in [3.63, 3.8) is 0 Å². The fourth-order valence-electron chi connectivity index (χ4n) is 3.12. The predicted molar refractivity (Wildman–Crippen MR) is 100 cm³/mol. The van der Waals surface area contributed by atoms with Crippen molar-refractivity contribution >= 4 is 11.7 Å². The predicted octanol–water partition coefficient (Wildman–Crippen LogP) is 2.70. The number of aliphatic hydroxyl groups is 1. The lowest BCUT2D eigenvalue weighted by molar-refractivity contribution is -0.118. The molecule has 0 spiro atoms. The molecule has 1 fully saturated rings. The van der Waals surface area contributed by atoms with Crippen LogP contribution in [-0.4, -0.2) is 30.8 Å². The minimum absolute atomic E-state index is 0.267. The molecule has 144 valence electrons. The van der Waals surface area contributed by atoms with E-state index in [1.165, 1.54) is 10.7 Å². The summed E-state index contributed by atoms with van der Waals surface area (Å²) in [6, 6.07) is 8.02. The van der Waals surface area contributed by atoms with Crippen LogP contribution in [0.1, 0.15) is 38.1 Å². The highest BCUT2D eigenvalue weighted by molar-refractivity contribution is 6.00. The van der Waals surface area contributed by atoms with Gasteiger partial charge in [-0.25, -0.2) is 19.0 Å². The van der Waals surface area contributed by atoms with Gasteiger partial charge in [-0.15, -0.1) is 5.10 Å². The Morgan fingerprint density at radius 1 is 1.21 bits per heavy atom. The molecule has 8 heteroatoms. The van der Waals surface area contributed by atoms with Gasteiger partial charge in [0.1, 0.15) is 17.1 Å². The van der Waals surface area contributed by atoms with E-state index in [1.54, 1.807) is 56.7 Å². The maximum atomic E-state index is 14.1. The fourth-order valence-corrected chi connectivity index (χ4v) is 3.12. The van der Waals surface area contributed by atoms with Crippen LogP contribution >= 0.6 is 0 Å². The molecule has 4 rings (SSSR count). The van der Waals surface area contributed by atoms with Crippen molar-refractivity contribution in [1.29, 1.82) is 0 Å². The van der Waals surface area contributed by atoms with Gasteiger partial charge < -0.3 is 10.4 Å². The third kappa shape index (κ3) is 3.27. The first-order valence-electron chi connectivity index (χ1n) is 8.97. The molecule has 2 heterocycles. The number of carbonyl (C=O) groups excluding carboxylic acids is 1. The molecule has 2 N–H and O–H groups in total. The molecule has 1 aromatic carbocycles. The Balaban J connectivity index is 1.51. The number of benzene rings is 1. The number of nitrogens with zero attached hydrogens (tertiary/aromatic N) is 4. The van der Waals surface area contributed by atoms with Crippen LogP contribution in [0, 0.1) is 5.82 Å². The first kappa shape index (κ1) is 18.2. The molecule has 7 nitrogen and oxygen atoms in total. The number of aromatic nitrogens is 4. The lowest BCUT2D eigenvalue weighted by atomic mass is 9.94. The average Bonchev–Trinajstić information content (AvgIpc) is 3.34. The van der Waals surface area contributed by atoms with Crippen LogP contribution in [0.5, 0.6) is 0 Å². The van der Waals surface area contributed by atoms with E-state index in [0.29, 0.717) is 35.7 Å². The first-order chi connectivity index (χ1) is 13.3. The number of rotatable bonds is 5. The number of amides is 1. The summed E-state index contributed by atoms with van der Waals surface area (Å²) in [5, 5.41) is 17.0. The maximum Gasteiger partial charge on any atom is 0.236 e. The molecule has 0 aliphatic heterocycles. The van der Waals surface area contributed by atoms with Gasteiger partial charge >= 0.3 is 0 Å². The molecule has 0 bridgehead atoms. The third-order valence-corrected chi connectivity index (χ3v) is 4.85. The van der Waals surface area contributed by atoms with Crippen molar-refractivity contribution in [2.24, 2.45) is 0 Å². The Hall–Kier alpha value is -3.13. The number of anilines is 1. The van der Waals surface area contributed by atoms with E-state index in [2.05, 4.69) is 20.4 Å². The van der Waals surface area contributed by atoms with Crippen molar-refractivity contribution in [3.05, 3.63) is 66.1 Å². The number of hydrogen-bond donors (Lipinski definition) is 2. The molecular formula is C20H20FN5O2. The number of halogens is 1. The smallest absolute Gasteiger partial charge is 0.236 e. The summed E-state index contributed by atoms with van der Waals surface area (Å²) in [7, 11) is 0. The number of hydrogen-bond acceptors (Lipinski definition) is 5. The molecule has 1 saturated carbocycles. The zero-order valence-corrected chi connectivity index (χ0v) is 15.6. The molecule has 1 amide bonds. The van der Waals surface area contributed by atoms with Crippen molar-refractivity contribution in [2.45, 2.75) is 37.7 Å². The fraction of sp³-hybridized carbons (Fsp3) is 0.300. The largest absolute Gasteiger partial charge is 0.382 e. The summed E-state index contributed by atoms with van der Waals surface area (Å²) in [6.07, 6.45) is 5.96. The topological polar surface area (TPSA) is 92.9 Å². The van der Waals surface area contributed by atoms with Gasteiger partial charge in [0, 0.05) is 17.8 Å². The lowest BCUT2D eigenvalue weighted by Crippen LogP contribution is -2.29. The molecule has 0 radical (unpaired) electrons. The maximum absolute atomic E-state index is 14.1. The Morgan fingerprint density at radius 3 is 2.50 bits per heavy atom. The molecular weight excluding hydrogens is 361 g/mol. The highest BCUT2D eigenvalue weighted by Gasteiger charge is 2.52. The highest BCUT2D eigenvalue weighted by atomic mass is 19.1. The molecule has 1 aliphatic rings. The second-order valence-corrected chi connectivity index (χ2v) is 7.49. The molecule has 3 aromatic rings. The molecule has 28 heavy (non-hydrogen) atoms. The van der Waals surface area contributed by atoms with Gasteiger partial charge in [0.25, 0.3) is 0 Å². The van der Waals surface area contributed by atoms with Crippen molar-refractivity contribution in [2.75, 3.05) is 5.32 Å². The van der Waals surface area contributed by atoms with E-state index in [4.69, 9.17) is 0 Å². The second-order valence-electron chi connectivity index (χ2n) is 7.49. The monoisotopic (exact) mass is 381 g/mol. The van der Waals surface area contributed by atoms with Crippen molar-refractivity contribution in [1.82, 2.24) is 19.7 Å². The summed E-state index contributed by atoms with van der Waals surface area (Å²) in [6.45, 7) is 3.21. The summed E-state index contributed by atoms with van der Waals surface area (Å²) in [5.74, 6) is 0.0258. The minimum Gasteiger partial charge on any atom is -0.382 e. The lowest BCUT2D eigenvalue weighted by Gasteiger charge is -2.15.